The lowest BCUT2D eigenvalue weighted by atomic mass is 9.91. The molecule has 0 bridgehead atoms. The Bertz CT molecular complexity index is 1160. The number of hydrogen-bond acceptors (Lipinski definition) is 6. The lowest BCUT2D eigenvalue weighted by Gasteiger charge is -2.27. The number of hydrogen-bond donors (Lipinski definition) is 2. The maximum atomic E-state index is 12.6. The van der Waals surface area contributed by atoms with E-state index < -0.39 is 0 Å². The van der Waals surface area contributed by atoms with Gasteiger partial charge in [-0.1, -0.05) is 77.0 Å². The van der Waals surface area contributed by atoms with E-state index in [0.717, 1.165) is 47.5 Å². The molecule has 2 N–H and O–H groups in total. The molecule has 0 aliphatic carbocycles. The summed E-state index contributed by atoms with van der Waals surface area (Å²) in [5.74, 6) is 0.905. The first kappa shape index (κ1) is 35.5. The monoisotopic (exact) mass is 566 g/mol. The number of likely N-dealkylation sites (tertiary alicyclic amines) is 1. The number of amides is 2. The molecule has 0 radical (unpaired) electrons. The molecule has 8 heteroatoms. The lowest BCUT2D eigenvalue weighted by molar-refractivity contribution is -0.134. The van der Waals surface area contributed by atoms with Crippen LogP contribution in [0.5, 0.6) is 0 Å². The van der Waals surface area contributed by atoms with Gasteiger partial charge in [0.05, 0.1) is 18.3 Å². The Morgan fingerprint density at radius 1 is 1.15 bits per heavy atom. The Kier molecular flexibility index (Phi) is 16.2. The number of aliphatic hydroxyl groups excluding tert-OH is 1. The standard InChI is InChI=1S/C15H16N2O2.C14H22N2O2.2C2H6/c1-11-14(3-2-8-16-11)12-4-6-13(7-5-12)15(9-18)17-10-19;1-9(2)13(12-8-10(3)15-18-12)14(17)16-7-5-6-11(16)4;2*1-2/h2-8,10,15,18H,9H2,1H3,(H,17,19);8-9,11,13H,5-7H2,1-4H3;2*1-2H3. The molecule has 3 heterocycles. The van der Waals surface area contributed by atoms with E-state index in [1.165, 1.54) is 0 Å². The molecule has 1 fully saturated rings. The minimum atomic E-state index is -0.360. The maximum absolute atomic E-state index is 12.6. The Morgan fingerprint density at radius 2 is 1.80 bits per heavy atom. The molecule has 1 aromatic carbocycles. The first-order valence-electron chi connectivity index (χ1n) is 14.8. The Balaban J connectivity index is 0.000000366. The summed E-state index contributed by atoms with van der Waals surface area (Å²) in [5.41, 5.74) is 4.83. The minimum Gasteiger partial charge on any atom is -0.394 e. The molecule has 8 nitrogen and oxygen atoms in total. The molecule has 0 spiro atoms. The van der Waals surface area contributed by atoms with Crippen LogP contribution in [-0.2, 0) is 9.59 Å². The number of rotatable bonds is 8. The third-order valence-electron chi connectivity index (χ3n) is 6.80. The Labute approximate surface area is 246 Å². The third-order valence-corrected chi connectivity index (χ3v) is 6.80. The van der Waals surface area contributed by atoms with Crippen molar-refractivity contribution in [2.24, 2.45) is 5.92 Å². The zero-order valence-electron chi connectivity index (χ0n) is 26.3. The first-order chi connectivity index (χ1) is 19.8. The van der Waals surface area contributed by atoms with Gasteiger partial charge in [0.2, 0.25) is 12.3 Å². The number of carbonyl (C=O) groups is 2. The largest absolute Gasteiger partial charge is 0.394 e. The van der Waals surface area contributed by atoms with Crippen molar-refractivity contribution in [3.63, 3.8) is 0 Å². The maximum Gasteiger partial charge on any atom is 0.233 e. The molecular formula is C33H50N4O4. The highest BCUT2D eigenvalue weighted by atomic mass is 16.5. The molecule has 0 saturated carbocycles. The van der Waals surface area contributed by atoms with Crippen LogP contribution in [0.1, 0.15) is 96.0 Å². The van der Waals surface area contributed by atoms with Gasteiger partial charge in [-0.2, -0.15) is 0 Å². The molecule has 3 aromatic rings. The van der Waals surface area contributed by atoms with Gasteiger partial charge in [-0.15, -0.1) is 0 Å². The van der Waals surface area contributed by atoms with E-state index in [1.54, 1.807) is 6.20 Å². The highest BCUT2D eigenvalue weighted by Gasteiger charge is 2.35. The fraction of sp³-hybridized carbons (Fsp3) is 0.515. The van der Waals surface area contributed by atoms with Gasteiger partial charge < -0.3 is 19.8 Å². The molecular weight excluding hydrogens is 516 g/mol. The smallest absolute Gasteiger partial charge is 0.233 e. The van der Waals surface area contributed by atoms with Crippen molar-refractivity contribution in [2.45, 2.75) is 93.2 Å². The van der Waals surface area contributed by atoms with Gasteiger partial charge in [0.15, 0.2) is 0 Å². The van der Waals surface area contributed by atoms with Crippen molar-refractivity contribution in [3.05, 3.63) is 71.4 Å². The Morgan fingerprint density at radius 3 is 2.27 bits per heavy atom. The number of pyridine rings is 1. The molecule has 1 saturated heterocycles. The molecule has 2 amide bonds. The van der Waals surface area contributed by atoms with E-state index in [4.69, 9.17) is 4.52 Å². The summed E-state index contributed by atoms with van der Waals surface area (Å²) in [6.07, 6.45) is 4.57. The van der Waals surface area contributed by atoms with Gasteiger partial charge in [0, 0.05) is 36.1 Å². The first-order valence-corrected chi connectivity index (χ1v) is 14.8. The molecule has 4 rings (SSSR count). The number of nitrogens with one attached hydrogen (secondary N) is 1. The van der Waals surface area contributed by atoms with Crippen LogP contribution in [0.2, 0.25) is 0 Å². The minimum absolute atomic E-state index is 0.121. The van der Waals surface area contributed by atoms with Crippen molar-refractivity contribution >= 4 is 12.3 Å². The van der Waals surface area contributed by atoms with E-state index in [0.29, 0.717) is 18.2 Å². The van der Waals surface area contributed by atoms with Crippen LogP contribution < -0.4 is 5.32 Å². The highest BCUT2D eigenvalue weighted by Crippen LogP contribution is 2.30. The summed E-state index contributed by atoms with van der Waals surface area (Å²) in [6.45, 7) is 18.8. The van der Waals surface area contributed by atoms with Crippen molar-refractivity contribution in [1.29, 1.82) is 0 Å². The van der Waals surface area contributed by atoms with Gasteiger partial charge in [-0.05, 0) is 56.7 Å². The van der Waals surface area contributed by atoms with E-state index in [-0.39, 0.29) is 30.4 Å². The topological polar surface area (TPSA) is 109 Å². The zero-order valence-corrected chi connectivity index (χ0v) is 26.3. The molecule has 3 unspecified atom stereocenters. The zero-order chi connectivity index (χ0) is 30.9. The fourth-order valence-electron chi connectivity index (χ4n) is 4.73. The number of aryl methyl sites for hydroxylation is 2. The highest BCUT2D eigenvalue weighted by molar-refractivity contribution is 5.84. The van der Waals surface area contributed by atoms with Crippen LogP contribution >= 0.6 is 0 Å². The van der Waals surface area contributed by atoms with Gasteiger partial charge >= 0.3 is 0 Å². The number of nitrogens with zero attached hydrogens (tertiary/aromatic N) is 3. The van der Waals surface area contributed by atoms with E-state index >= 15 is 0 Å². The van der Waals surface area contributed by atoms with Crippen LogP contribution in [0.3, 0.4) is 0 Å². The summed E-state index contributed by atoms with van der Waals surface area (Å²) in [6, 6.07) is 13.5. The molecule has 1 aliphatic rings. The molecule has 3 atom stereocenters. The van der Waals surface area contributed by atoms with Crippen LogP contribution in [0.4, 0.5) is 0 Å². The van der Waals surface area contributed by atoms with E-state index in [2.05, 4.69) is 36.2 Å². The van der Waals surface area contributed by atoms with Crippen LogP contribution in [0.25, 0.3) is 11.1 Å². The van der Waals surface area contributed by atoms with Crippen LogP contribution in [0.15, 0.2) is 53.2 Å². The van der Waals surface area contributed by atoms with E-state index in [1.807, 2.05) is 88.9 Å². The van der Waals surface area contributed by atoms with Gasteiger partial charge in [-0.3, -0.25) is 14.6 Å². The predicted molar refractivity (Wildman–Crippen MR) is 165 cm³/mol. The second-order valence-corrected chi connectivity index (χ2v) is 9.89. The number of aromatic nitrogens is 2. The fourth-order valence-corrected chi connectivity index (χ4v) is 4.73. The van der Waals surface area contributed by atoms with Crippen molar-refractivity contribution < 1.29 is 19.2 Å². The normalized spacial score (nSPS) is 15.3. The van der Waals surface area contributed by atoms with Crippen LogP contribution in [-0.4, -0.2) is 51.7 Å². The van der Waals surface area contributed by atoms with Gasteiger partial charge in [0.25, 0.3) is 0 Å². The molecule has 41 heavy (non-hydrogen) atoms. The number of aliphatic hydroxyl groups is 1. The van der Waals surface area contributed by atoms with Crippen molar-refractivity contribution in [2.75, 3.05) is 13.2 Å². The summed E-state index contributed by atoms with van der Waals surface area (Å²) >= 11 is 0. The van der Waals surface area contributed by atoms with Gasteiger partial charge in [0.1, 0.15) is 11.7 Å². The summed E-state index contributed by atoms with van der Waals surface area (Å²) in [4.78, 5) is 29.3. The van der Waals surface area contributed by atoms with Gasteiger partial charge in [-0.25, -0.2) is 0 Å². The molecule has 226 valence electrons. The summed E-state index contributed by atoms with van der Waals surface area (Å²) in [5, 5.41) is 15.7. The van der Waals surface area contributed by atoms with Crippen molar-refractivity contribution in [3.8, 4) is 11.1 Å². The van der Waals surface area contributed by atoms with E-state index in [9.17, 15) is 14.7 Å². The summed E-state index contributed by atoms with van der Waals surface area (Å²) in [7, 11) is 0. The number of benzene rings is 1. The Hall–Kier alpha value is -3.52. The SMILES string of the molecule is CC.CC.Cc1cc(C(C(=O)N2CCCC2C)C(C)C)on1.Cc1ncccc1-c1ccc(C(CO)NC=O)cc1. The lowest BCUT2D eigenvalue weighted by Crippen LogP contribution is -2.38. The average molecular weight is 567 g/mol. The second-order valence-electron chi connectivity index (χ2n) is 9.89. The van der Waals surface area contributed by atoms with Crippen molar-refractivity contribution in [1.82, 2.24) is 20.4 Å². The second kappa shape index (κ2) is 18.8. The average Bonchev–Trinajstić information content (AvgIpc) is 3.62. The quantitative estimate of drug-likeness (QED) is 0.297. The predicted octanol–water partition coefficient (Wildman–Crippen LogP) is 6.62. The van der Waals surface area contributed by atoms with Crippen LogP contribution in [0, 0.1) is 19.8 Å². The molecule has 1 aliphatic heterocycles. The molecule has 2 aromatic heterocycles. The third kappa shape index (κ3) is 10.1. The summed E-state index contributed by atoms with van der Waals surface area (Å²) < 4.78 is 5.31. The number of carbonyl (C=O) groups excluding carboxylic acids is 2.